The molecule has 9 heteroatoms. The van der Waals surface area contributed by atoms with Gasteiger partial charge in [0.15, 0.2) is 0 Å². The number of hydrogen-bond donors (Lipinski definition) is 3. The minimum Gasteiger partial charge on any atom is -0.368 e. The van der Waals surface area contributed by atoms with E-state index in [9.17, 15) is 18.4 Å². The highest BCUT2D eigenvalue weighted by Gasteiger charge is 2.39. The van der Waals surface area contributed by atoms with Gasteiger partial charge in [-0.1, -0.05) is 6.07 Å². The first-order valence-corrected chi connectivity index (χ1v) is 7.76. The summed E-state index contributed by atoms with van der Waals surface area (Å²) >= 11 is 0. The van der Waals surface area contributed by atoms with Gasteiger partial charge in [0.2, 0.25) is 0 Å². The highest BCUT2D eigenvalue weighted by Crippen LogP contribution is 2.22. The largest absolute Gasteiger partial charge is 0.368 e. The summed E-state index contributed by atoms with van der Waals surface area (Å²) < 4.78 is 32.3. The van der Waals surface area contributed by atoms with E-state index < -0.39 is 28.7 Å². The van der Waals surface area contributed by atoms with Crippen LogP contribution in [0.1, 0.15) is 23.2 Å². The van der Waals surface area contributed by atoms with Gasteiger partial charge in [0.25, 0.3) is 11.8 Å². The van der Waals surface area contributed by atoms with E-state index in [0.717, 1.165) is 12.1 Å². The number of nitrogens with one attached hydrogen (secondary N) is 3. The van der Waals surface area contributed by atoms with Gasteiger partial charge in [-0.25, -0.2) is 8.78 Å². The molecule has 1 fully saturated rings. The number of carbonyl (C=O) groups is 2. The van der Waals surface area contributed by atoms with Crippen LogP contribution in [0.25, 0.3) is 0 Å². The third-order valence-electron chi connectivity index (χ3n) is 4.10. The Morgan fingerprint density at radius 1 is 1.16 bits per heavy atom. The lowest BCUT2D eigenvalue weighted by Crippen LogP contribution is -2.55. The maximum absolute atomic E-state index is 13.5. The van der Waals surface area contributed by atoms with E-state index in [1.54, 1.807) is 0 Å². The number of benzene rings is 1. The second-order valence-electron chi connectivity index (χ2n) is 5.56. The molecule has 140 valence electrons. The second-order valence-corrected chi connectivity index (χ2v) is 5.56. The van der Waals surface area contributed by atoms with Crippen molar-refractivity contribution in [2.24, 2.45) is 0 Å². The molecule has 1 aliphatic heterocycles. The second kappa shape index (κ2) is 9.65. The lowest BCUT2D eigenvalue weighted by Gasteiger charge is -2.34. The number of carbonyl (C=O) groups excluding carboxylic acids is 2. The molecule has 1 aliphatic rings. The Labute approximate surface area is 151 Å². The van der Waals surface area contributed by atoms with Crippen molar-refractivity contribution in [2.45, 2.75) is 18.4 Å². The molecule has 2 rings (SSSR count). The summed E-state index contributed by atoms with van der Waals surface area (Å²) in [5, 5.41) is 8.22. The van der Waals surface area contributed by atoms with Crippen LogP contribution in [-0.2, 0) is 9.53 Å². The van der Waals surface area contributed by atoms with Gasteiger partial charge in [-0.15, -0.1) is 12.4 Å². The molecule has 0 atom stereocenters. The third kappa shape index (κ3) is 5.10. The number of amides is 2. The van der Waals surface area contributed by atoms with E-state index in [0.29, 0.717) is 25.9 Å². The van der Waals surface area contributed by atoms with E-state index in [1.807, 2.05) is 0 Å². The van der Waals surface area contributed by atoms with Crippen LogP contribution in [0, 0.1) is 11.6 Å². The molecule has 0 radical (unpaired) electrons. The SMILES string of the molecule is COC1(C(=O)NCCNC(=O)c2c(F)cccc2F)CCNCC1.Cl. The Kier molecular flexibility index (Phi) is 8.21. The fourth-order valence-corrected chi connectivity index (χ4v) is 2.67. The Morgan fingerprint density at radius 3 is 2.28 bits per heavy atom. The van der Waals surface area contributed by atoms with E-state index in [-0.39, 0.29) is 31.4 Å². The van der Waals surface area contributed by atoms with Gasteiger partial charge < -0.3 is 20.7 Å². The van der Waals surface area contributed by atoms with Crippen LogP contribution in [0.5, 0.6) is 0 Å². The lowest BCUT2D eigenvalue weighted by molar-refractivity contribution is -0.146. The standard InChI is InChI=1S/C16H21F2N3O3.ClH/c1-24-16(5-7-19-8-6-16)15(23)21-10-9-20-14(22)13-11(17)3-2-4-12(13)18;/h2-4,19H,5-10H2,1H3,(H,20,22)(H,21,23);1H. The monoisotopic (exact) mass is 377 g/mol. The van der Waals surface area contributed by atoms with Gasteiger partial charge in [0, 0.05) is 20.2 Å². The molecule has 0 aromatic heterocycles. The Morgan fingerprint density at radius 2 is 1.72 bits per heavy atom. The molecule has 0 unspecified atom stereocenters. The number of piperidine rings is 1. The summed E-state index contributed by atoms with van der Waals surface area (Å²) in [6.07, 6.45) is 1.12. The minimum atomic E-state index is -0.926. The summed E-state index contributed by atoms with van der Waals surface area (Å²) in [6, 6.07) is 3.21. The van der Waals surface area contributed by atoms with E-state index >= 15 is 0 Å². The zero-order valence-electron chi connectivity index (χ0n) is 13.9. The average Bonchev–Trinajstić information content (AvgIpc) is 2.59. The maximum Gasteiger partial charge on any atom is 0.257 e. The highest BCUT2D eigenvalue weighted by atomic mass is 35.5. The van der Waals surface area contributed by atoms with Crippen molar-refractivity contribution in [3.63, 3.8) is 0 Å². The van der Waals surface area contributed by atoms with Crippen molar-refractivity contribution >= 4 is 24.2 Å². The average molecular weight is 378 g/mol. The van der Waals surface area contributed by atoms with Crippen molar-refractivity contribution in [3.05, 3.63) is 35.4 Å². The maximum atomic E-state index is 13.5. The molecule has 25 heavy (non-hydrogen) atoms. The van der Waals surface area contributed by atoms with Crippen LogP contribution in [0.3, 0.4) is 0 Å². The van der Waals surface area contributed by atoms with E-state index in [2.05, 4.69) is 16.0 Å². The molecule has 0 saturated carbocycles. The first-order chi connectivity index (χ1) is 11.5. The van der Waals surface area contributed by atoms with Crippen molar-refractivity contribution in [1.29, 1.82) is 0 Å². The Balaban J connectivity index is 0.00000312. The predicted octanol–water partition coefficient (Wildman–Crippen LogP) is 1.00. The fraction of sp³-hybridized carbons (Fsp3) is 0.500. The van der Waals surface area contributed by atoms with Crippen LogP contribution in [0.2, 0.25) is 0 Å². The van der Waals surface area contributed by atoms with E-state index in [1.165, 1.54) is 13.2 Å². The number of ether oxygens (including phenoxy) is 1. The predicted molar refractivity (Wildman–Crippen MR) is 90.8 cm³/mol. The highest BCUT2D eigenvalue weighted by molar-refractivity contribution is 5.94. The summed E-state index contributed by atoms with van der Waals surface area (Å²) in [4.78, 5) is 24.1. The van der Waals surface area contributed by atoms with Crippen molar-refractivity contribution < 1.29 is 23.1 Å². The van der Waals surface area contributed by atoms with Crippen LogP contribution in [-0.4, -0.2) is 50.7 Å². The quantitative estimate of drug-likeness (QED) is 0.646. The molecular weight excluding hydrogens is 356 g/mol. The lowest BCUT2D eigenvalue weighted by atomic mass is 9.91. The molecule has 1 saturated heterocycles. The van der Waals surface area contributed by atoms with Crippen LogP contribution >= 0.6 is 12.4 Å². The van der Waals surface area contributed by atoms with Gasteiger partial charge in [-0.05, 0) is 38.1 Å². The zero-order valence-corrected chi connectivity index (χ0v) is 14.7. The van der Waals surface area contributed by atoms with Crippen molar-refractivity contribution in [3.8, 4) is 0 Å². The Hall–Kier alpha value is -1.77. The molecule has 0 aliphatic carbocycles. The van der Waals surface area contributed by atoms with Gasteiger partial charge in [0.05, 0.1) is 0 Å². The molecule has 1 heterocycles. The van der Waals surface area contributed by atoms with Crippen molar-refractivity contribution in [2.75, 3.05) is 33.3 Å². The molecule has 0 spiro atoms. The zero-order chi connectivity index (χ0) is 17.6. The van der Waals surface area contributed by atoms with Crippen LogP contribution in [0.15, 0.2) is 18.2 Å². The van der Waals surface area contributed by atoms with Crippen molar-refractivity contribution in [1.82, 2.24) is 16.0 Å². The summed E-state index contributed by atoms with van der Waals surface area (Å²) in [6.45, 7) is 1.56. The molecular formula is C16H22ClF2N3O3. The first kappa shape index (κ1) is 21.3. The number of rotatable bonds is 6. The summed E-state index contributed by atoms with van der Waals surface area (Å²) in [5.41, 5.74) is -1.50. The normalized spacial score (nSPS) is 15.8. The molecule has 1 aromatic carbocycles. The summed E-state index contributed by atoms with van der Waals surface area (Å²) in [7, 11) is 1.49. The molecule has 2 amide bonds. The number of hydrogen-bond acceptors (Lipinski definition) is 4. The molecule has 6 nitrogen and oxygen atoms in total. The first-order valence-electron chi connectivity index (χ1n) is 7.76. The third-order valence-corrected chi connectivity index (χ3v) is 4.10. The number of halogens is 3. The summed E-state index contributed by atoms with van der Waals surface area (Å²) in [5.74, 6) is -2.96. The van der Waals surface area contributed by atoms with Gasteiger partial charge >= 0.3 is 0 Å². The Bertz CT molecular complexity index is 590. The molecule has 3 N–H and O–H groups in total. The van der Waals surface area contributed by atoms with Gasteiger partial charge in [-0.3, -0.25) is 9.59 Å². The molecule has 1 aromatic rings. The smallest absolute Gasteiger partial charge is 0.257 e. The van der Waals surface area contributed by atoms with Gasteiger partial charge in [-0.2, -0.15) is 0 Å². The fourth-order valence-electron chi connectivity index (χ4n) is 2.67. The van der Waals surface area contributed by atoms with E-state index in [4.69, 9.17) is 4.74 Å². The van der Waals surface area contributed by atoms with Crippen LogP contribution in [0.4, 0.5) is 8.78 Å². The number of methoxy groups -OCH3 is 1. The molecule has 0 bridgehead atoms. The topological polar surface area (TPSA) is 79.5 Å². The van der Waals surface area contributed by atoms with Gasteiger partial charge in [0.1, 0.15) is 22.8 Å². The van der Waals surface area contributed by atoms with Crippen LogP contribution < -0.4 is 16.0 Å². The minimum absolute atomic E-state index is 0.